The topological polar surface area (TPSA) is 58.4 Å². The molecule has 1 unspecified atom stereocenters. The second kappa shape index (κ2) is 5.81. The van der Waals surface area contributed by atoms with E-state index in [0.29, 0.717) is 5.76 Å². The lowest BCUT2D eigenvalue weighted by Gasteiger charge is -2.30. The number of aryl methyl sites for hydroxylation is 1. The van der Waals surface area contributed by atoms with Gasteiger partial charge in [0.1, 0.15) is 0 Å². The molecule has 3 heterocycles. The first kappa shape index (κ1) is 14.5. The molecule has 0 spiro atoms. The van der Waals surface area contributed by atoms with Crippen molar-refractivity contribution >= 4 is 5.91 Å². The van der Waals surface area contributed by atoms with Crippen LogP contribution in [-0.4, -0.2) is 41.5 Å². The highest BCUT2D eigenvalue weighted by Crippen LogP contribution is 2.27. The second-order valence-corrected chi connectivity index (χ2v) is 6.72. The van der Waals surface area contributed by atoms with Crippen LogP contribution in [0.5, 0.6) is 0 Å². The molecule has 4 rings (SSSR count). The molecule has 0 aliphatic carbocycles. The van der Waals surface area contributed by atoms with E-state index >= 15 is 0 Å². The molecule has 2 aliphatic heterocycles. The lowest BCUT2D eigenvalue weighted by atomic mass is 9.97. The van der Waals surface area contributed by atoms with E-state index in [2.05, 4.69) is 15.2 Å². The number of hydrogen-bond donors (Lipinski definition) is 1. The van der Waals surface area contributed by atoms with Crippen molar-refractivity contribution in [1.29, 1.82) is 0 Å². The summed E-state index contributed by atoms with van der Waals surface area (Å²) >= 11 is 0. The van der Waals surface area contributed by atoms with Crippen molar-refractivity contribution in [3.63, 3.8) is 0 Å². The Bertz CT molecular complexity index is 713. The van der Waals surface area contributed by atoms with E-state index < -0.39 is 0 Å². The fraction of sp³-hybridized carbons (Fsp3) is 0.444. The van der Waals surface area contributed by atoms with Crippen LogP contribution in [0.25, 0.3) is 11.3 Å². The fourth-order valence-electron chi connectivity index (χ4n) is 3.72. The molecular formula is C18H21N3O2. The average Bonchev–Trinajstić information content (AvgIpc) is 3.14. The summed E-state index contributed by atoms with van der Waals surface area (Å²) in [7, 11) is 0. The summed E-state index contributed by atoms with van der Waals surface area (Å²) in [5, 5.41) is 3.08. The van der Waals surface area contributed by atoms with Crippen LogP contribution < -0.4 is 5.32 Å². The third-order valence-corrected chi connectivity index (χ3v) is 4.80. The number of rotatable bonds is 3. The Morgan fingerprint density at radius 3 is 3.13 bits per heavy atom. The molecule has 23 heavy (non-hydrogen) atoms. The molecule has 2 saturated heterocycles. The molecule has 0 saturated carbocycles. The first-order valence-corrected chi connectivity index (χ1v) is 8.23. The van der Waals surface area contributed by atoms with Gasteiger partial charge in [-0.05, 0) is 38.3 Å². The summed E-state index contributed by atoms with van der Waals surface area (Å²) in [4.78, 5) is 18.9. The highest BCUT2D eigenvalue weighted by atomic mass is 16.4. The van der Waals surface area contributed by atoms with E-state index in [9.17, 15) is 4.79 Å². The van der Waals surface area contributed by atoms with Crippen molar-refractivity contribution in [2.24, 2.45) is 5.92 Å². The van der Waals surface area contributed by atoms with Crippen molar-refractivity contribution in [1.82, 2.24) is 15.2 Å². The largest absolute Gasteiger partial charge is 0.432 e. The number of aromatic nitrogens is 1. The van der Waals surface area contributed by atoms with Gasteiger partial charge in [-0.2, -0.15) is 0 Å². The fourth-order valence-corrected chi connectivity index (χ4v) is 3.72. The number of nitrogens with zero attached hydrogens (tertiary/aromatic N) is 2. The number of piperidine rings is 1. The van der Waals surface area contributed by atoms with E-state index in [1.165, 1.54) is 13.0 Å². The van der Waals surface area contributed by atoms with Gasteiger partial charge in [0.25, 0.3) is 5.89 Å². The molecule has 2 fully saturated rings. The lowest BCUT2D eigenvalue weighted by molar-refractivity contribution is 0.0875. The van der Waals surface area contributed by atoms with E-state index in [0.717, 1.165) is 36.6 Å². The molecule has 3 atom stereocenters. The number of nitrogens with one attached hydrogen (secondary N) is 1. The average molecular weight is 311 g/mol. The number of fused-ring (bicyclic) bond motifs is 2. The summed E-state index contributed by atoms with van der Waals surface area (Å²) in [6, 6.07) is 8.19. The Morgan fingerprint density at radius 1 is 1.39 bits per heavy atom. The molecule has 1 N–H and O–H groups in total. The maximum Gasteiger partial charge on any atom is 0.307 e. The minimum Gasteiger partial charge on any atom is -0.432 e. The standard InChI is InChI=1S/C18H21N3O2/c1-12-3-2-4-14(7-12)16-9-19-18(23-16)17(22)20-15-8-13-5-6-21(10-13)11-15/h2-4,7,9,13,15H,5-6,8,10-11H2,1H3,(H,20,22)/t13-,15-/m1/s1. The van der Waals surface area contributed by atoms with Gasteiger partial charge in [0, 0.05) is 24.7 Å². The van der Waals surface area contributed by atoms with Crippen LogP contribution in [0, 0.1) is 12.8 Å². The third kappa shape index (κ3) is 3.01. The molecule has 5 heteroatoms. The van der Waals surface area contributed by atoms with Crippen LogP contribution in [-0.2, 0) is 0 Å². The summed E-state index contributed by atoms with van der Waals surface area (Å²) in [6.07, 6.45) is 3.94. The highest BCUT2D eigenvalue weighted by molar-refractivity contribution is 5.90. The zero-order chi connectivity index (χ0) is 15.8. The normalized spacial score (nSPS) is 26.2. The van der Waals surface area contributed by atoms with Gasteiger partial charge in [0.15, 0.2) is 5.76 Å². The van der Waals surface area contributed by atoms with Crippen molar-refractivity contribution in [2.75, 3.05) is 19.6 Å². The van der Waals surface area contributed by atoms with Crippen LogP contribution in [0.4, 0.5) is 0 Å². The quantitative estimate of drug-likeness (QED) is 0.946. The number of oxazole rings is 1. The maximum atomic E-state index is 12.4. The predicted molar refractivity (Wildman–Crippen MR) is 87.1 cm³/mol. The Kier molecular flexibility index (Phi) is 3.65. The summed E-state index contributed by atoms with van der Waals surface area (Å²) in [6.45, 7) is 5.31. The van der Waals surface area contributed by atoms with E-state index in [4.69, 9.17) is 4.42 Å². The van der Waals surface area contributed by atoms with Gasteiger partial charge in [-0.15, -0.1) is 0 Å². The molecule has 2 aliphatic rings. The summed E-state index contributed by atoms with van der Waals surface area (Å²) in [5.74, 6) is 1.29. The van der Waals surface area contributed by atoms with E-state index in [1.807, 2.05) is 31.2 Å². The molecule has 2 bridgehead atoms. The Labute approximate surface area is 135 Å². The molecule has 120 valence electrons. The molecule has 2 aromatic rings. The second-order valence-electron chi connectivity index (χ2n) is 6.72. The number of carbonyl (C=O) groups is 1. The van der Waals surface area contributed by atoms with Crippen molar-refractivity contribution in [2.45, 2.75) is 25.8 Å². The lowest BCUT2D eigenvalue weighted by Crippen LogP contribution is -2.47. The van der Waals surface area contributed by atoms with Gasteiger partial charge in [-0.1, -0.05) is 23.8 Å². The smallest absolute Gasteiger partial charge is 0.307 e. The van der Waals surface area contributed by atoms with E-state index in [-0.39, 0.29) is 17.8 Å². The maximum absolute atomic E-state index is 12.4. The minimum atomic E-state index is -0.212. The van der Waals surface area contributed by atoms with Gasteiger partial charge in [0.05, 0.1) is 6.20 Å². The number of amides is 1. The zero-order valence-electron chi connectivity index (χ0n) is 13.3. The van der Waals surface area contributed by atoms with Crippen molar-refractivity contribution in [3.05, 3.63) is 41.9 Å². The molecule has 5 nitrogen and oxygen atoms in total. The van der Waals surface area contributed by atoms with Crippen LogP contribution in [0.2, 0.25) is 0 Å². The highest BCUT2D eigenvalue weighted by Gasteiger charge is 2.33. The van der Waals surface area contributed by atoms with Gasteiger partial charge < -0.3 is 14.6 Å². The zero-order valence-corrected chi connectivity index (χ0v) is 13.3. The summed E-state index contributed by atoms with van der Waals surface area (Å²) < 4.78 is 5.66. The molecule has 0 radical (unpaired) electrons. The van der Waals surface area contributed by atoms with Gasteiger partial charge in [-0.25, -0.2) is 4.98 Å². The summed E-state index contributed by atoms with van der Waals surface area (Å²) in [5.41, 5.74) is 2.09. The Hall–Kier alpha value is -2.14. The number of carbonyl (C=O) groups excluding carboxylic acids is 1. The molecular weight excluding hydrogens is 290 g/mol. The van der Waals surface area contributed by atoms with Gasteiger partial charge in [-0.3, -0.25) is 4.79 Å². The molecule has 1 aromatic heterocycles. The first-order valence-electron chi connectivity index (χ1n) is 8.23. The van der Waals surface area contributed by atoms with Crippen LogP contribution >= 0.6 is 0 Å². The van der Waals surface area contributed by atoms with Gasteiger partial charge in [0.2, 0.25) is 0 Å². The van der Waals surface area contributed by atoms with Crippen LogP contribution in [0.15, 0.2) is 34.9 Å². The number of benzene rings is 1. The monoisotopic (exact) mass is 311 g/mol. The molecule has 1 aromatic carbocycles. The van der Waals surface area contributed by atoms with Crippen molar-refractivity contribution < 1.29 is 9.21 Å². The predicted octanol–water partition coefficient (Wildman–Crippen LogP) is 2.47. The molecule has 1 amide bonds. The first-order chi connectivity index (χ1) is 11.2. The Morgan fingerprint density at radius 2 is 2.30 bits per heavy atom. The van der Waals surface area contributed by atoms with E-state index in [1.54, 1.807) is 6.20 Å². The van der Waals surface area contributed by atoms with Crippen LogP contribution in [0.1, 0.15) is 29.1 Å². The number of hydrogen-bond acceptors (Lipinski definition) is 4. The van der Waals surface area contributed by atoms with Crippen LogP contribution in [0.3, 0.4) is 0 Å². The van der Waals surface area contributed by atoms with Crippen molar-refractivity contribution in [3.8, 4) is 11.3 Å². The Balaban J connectivity index is 1.45. The van der Waals surface area contributed by atoms with Gasteiger partial charge >= 0.3 is 5.91 Å². The third-order valence-electron chi connectivity index (χ3n) is 4.80. The minimum absolute atomic E-state index is 0.148. The SMILES string of the molecule is Cc1cccc(-c2cnc(C(=O)N[C@@H]3C[C@H]4CCN(C4)C3)o2)c1.